The average Bonchev–Trinajstić information content (AvgIpc) is 2.34. The first-order chi connectivity index (χ1) is 8.56. The van der Waals surface area contributed by atoms with Gasteiger partial charge >= 0.3 is 0 Å². The first kappa shape index (κ1) is 13.2. The van der Waals surface area contributed by atoms with Gasteiger partial charge in [-0.25, -0.2) is 0 Å². The van der Waals surface area contributed by atoms with E-state index in [-0.39, 0.29) is 5.75 Å². The molecule has 1 fully saturated rings. The van der Waals surface area contributed by atoms with Crippen LogP contribution in [0.4, 0.5) is 5.69 Å². The Labute approximate surface area is 110 Å². The molecule has 3 heteroatoms. The summed E-state index contributed by atoms with van der Waals surface area (Å²) in [7, 11) is 0. The van der Waals surface area contributed by atoms with Gasteiger partial charge in [0.25, 0.3) is 0 Å². The monoisotopic (exact) mass is 248 g/mol. The van der Waals surface area contributed by atoms with Gasteiger partial charge < -0.3 is 15.7 Å². The van der Waals surface area contributed by atoms with Gasteiger partial charge in [0.05, 0.1) is 5.69 Å². The van der Waals surface area contributed by atoms with Crippen LogP contribution >= 0.6 is 0 Å². The molecule has 1 aliphatic heterocycles. The van der Waals surface area contributed by atoms with Crippen molar-refractivity contribution < 1.29 is 5.11 Å². The first-order valence-corrected chi connectivity index (χ1v) is 6.87. The van der Waals surface area contributed by atoms with Gasteiger partial charge in [-0.3, -0.25) is 0 Å². The largest absolute Gasteiger partial charge is 0.506 e. The highest BCUT2D eigenvalue weighted by molar-refractivity contribution is 5.53. The predicted octanol–water partition coefficient (Wildman–Crippen LogP) is 2.64. The quantitative estimate of drug-likeness (QED) is 0.638. The minimum atomic E-state index is 0.179. The van der Waals surface area contributed by atoms with Crippen LogP contribution in [0.5, 0.6) is 5.75 Å². The zero-order valence-corrected chi connectivity index (χ0v) is 11.4. The number of rotatable bonds is 3. The van der Waals surface area contributed by atoms with Crippen LogP contribution in [0.1, 0.15) is 32.3 Å². The molecular weight excluding hydrogens is 224 g/mol. The topological polar surface area (TPSA) is 49.5 Å². The van der Waals surface area contributed by atoms with E-state index in [1.165, 1.54) is 31.5 Å². The number of phenolic OH excluding ortho intramolecular Hbond substituents is 1. The Balaban J connectivity index is 1.97. The normalized spacial score (nSPS) is 22.9. The van der Waals surface area contributed by atoms with Crippen LogP contribution in [0.2, 0.25) is 0 Å². The maximum absolute atomic E-state index is 9.43. The van der Waals surface area contributed by atoms with E-state index in [0.717, 1.165) is 12.3 Å². The van der Waals surface area contributed by atoms with Crippen LogP contribution in [0.3, 0.4) is 0 Å². The van der Waals surface area contributed by atoms with Crippen molar-refractivity contribution in [3.63, 3.8) is 0 Å². The fourth-order valence-corrected chi connectivity index (χ4v) is 2.83. The second-order valence-corrected chi connectivity index (χ2v) is 5.69. The highest BCUT2D eigenvalue weighted by Crippen LogP contribution is 2.23. The second-order valence-electron chi connectivity index (χ2n) is 5.69. The number of hydrogen-bond donors (Lipinski definition) is 2. The molecule has 2 unspecified atom stereocenters. The summed E-state index contributed by atoms with van der Waals surface area (Å²) in [5, 5.41) is 9.43. The van der Waals surface area contributed by atoms with E-state index >= 15 is 0 Å². The molecule has 3 N–H and O–H groups in total. The Hall–Kier alpha value is -1.22. The number of phenols is 1. The summed E-state index contributed by atoms with van der Waals surface area (Å²) in [4.78, 5) is 2.57. The molecule has 1 aromatic carbocycles. The minimum absolute atomic E-state index is 0.179. The zero-order chi connectivity index (χ0) is 13.1. The highest BCUT2D eigenvalue weighted by Gasteiger charge is 2.21. The number of hydrogen-bond acceptors (Lipinski definition) is 3. The molecule has 0 saturated carbocycles. The number of likely N-dealkylation sites (tertiary alicyclic amines) is 1. The molecular formula is C15H24N2O. The number of nitrogen functional groups attached to an aromatic ring is 1. The maximum Gasteiger partial charge on any atom is 0.138 e. The van der Waals surface area contributed by atoms with Crippen LogP contribution in [0.25, 0.3) is 0 Å². The molecule has 0 bridgehead atoms. The van der Waals surface area contributed by atoms with Crippen molar-refractivity contribution in [1.82, 2.24) is 4.90 Å². The Kier molecular flexibility index (Phi) is 4.12. The van der Waals surface area contributed by atoms with E-state index in [0.29, 0.717) is 11.7 Å². The van der Waals surface area contributed by atoms with Gasteiger partial charge in [-0.2, -0.15) is 0 Å². The third-order valence-electron chi connectivity index (χ3n) is 3.93. The van der Waals surface area contributed by atoms with Gasteiger partial charge in [0.2, 0.25) is 0 Å². The Bertz CT molecular complexity index is 405. The molecule has 0 aromatic heterocycles. The molecule has 1 aromatic rings. The van der Waals surface area contributed by atoms with Crippen LogP contribution in [-0.4, -0.2) is 29.1 Å². The predicted molar refractivity (Wildman–Crippen MR) is 75.7 cm³/mol. The molecule has 0 radical (unpaired) electrons. The van der Waals surface area contributed by atoms with Crippen molar-refractivity contribution in [3.05, 3.63) is 23.8 Å². The van der Waals surface area contributed by atoms with Crippen LogP contribution in [0, 0.1) is 5.92 Å². The lowest BCUT2D eigenvalue weighted by Crippen LogP contribution is -2.41. The van der Waals surface area contributed by atoms with E-state index in [1.807, 2.05) is 12.1 Å². The van der Waals surface area contributed by atoms with Crippen molar-refractivity contribution in [2.24, 2.45) is 5.92 Å². The molecule has 0 spiro atoms. The van der Waals surface area contributed by atoms with Crippen molar-refractivity contribution in [3.8, 4) is 5.75 Å². The van der Waals surface area contributed by atoms with Crippen LogP contribution in [0.15, 0.2) is 18.2 Å². The Morgan fingerprint density at radius 1 is 1.50 bits per heavy atom. The average molecular weight is 248 g/mol. The van der Waals surface area contributed by atoms with Gasteiger partial charge in [0.15, 0.2) is 0 Å². The number of nitrogens with zero attached hydrogens (tertiary/aromatic N) is 1. The minimum Gasteiger partial charge on any atom is -0.506 e. The molecule has 1 heterocycles. The van der Waals surface area contributed by atoms with Crippen LogP contribution in [-0.2, 0) is 6.42 Å². The fourth-order valence-electron chi connectivity index (χ4n) is 2.83. The fraction of sp³-hybridized carbons (Fsp3) is 0.600. The molecule has 0 amide bonds. The lowest BCUT2D eigenvalue weighted by molar-refractivity contribution is 0.138. The number of nitrogens with two attached hydrogens (primary N) is 1. The Morgan fingerprint density at radius 2 is 2.28 bits per heavy atom. The summed E-state index contributed by atoms with van der Waals surface area (Å²) in [6.07, 6.45) is 3.66. The van der Waals surface area contributed by atoms with Crippen molar-refractivity contribution in [2.75, 3.05) is 18.8 Å². The number of benzene rings is 1. The summed E-state index contributed by atoms with van der Waals surface area (Å²) in [5.74, 6) is 0.990. The molecule has 1 aliphatic rings. The molecule has 0 aliphatic carbocycles. The van der Waals surface area contributed by atoms with Crippen molar-refractivity contribution >= 4 is 5.69 Å². The SMILES string of the molecule is CC1CCCN(C(C)Cc2ccc(O)c(N)c2)C1. The summed E-state index contributed by atoms with van der Waals surface area (Å²) in [6.45, 7) is 7.02. The van der Waals surface area contributed by atoms with Gasteiger partial charge in [-0.05, 0) is 56.3 Å². The smallest absolute Gasteiger partial charge is 0.138 e. The number of anilines is 1. The maximum atomic E-state index is 9.43. The van der Waals surface area contributed by atoms with E-state index in [1.54, 1.807) is 6.07 Å². The van der Waals surface area contributed by atoms with Gasteiger partial charge in [0, 0.05) is 12.6 Å². The molecule has 3 nitrogen and oxygen atoms in total. The van der Waals surface area contributed by atoms with Gasteiger partial charge in [-0.1, -0.05) is 13.0 Å². The lowest BCUT2D eigenvalue weighted by Gasteiger charge is -2.35. The van der Waals surface area contributed by atoms with E-state index in [9.17, 15) is 5.11 Å². The van der Waals surface area contributed by atoms with Crippen molar-refractivity contribution in [2.45, 2.75) is 39.2 Å². The first-order valence-electron chi connectivity index (χ1n) is 6.87. The van der Waals surface area contributed by atoms with Crippen LogP contribution < -0.4 is 5.73 Å². The zero-order valence-electron chi connectivity index (χ0n) is 11.4. The lowest BCUT2D eigenvalue weighted by atomic mass is 9.97. The third kappa shape index (κ3) is 3.16. The van der Waals surface area contributed by atoms with Gasteiger partial charge in [-0.15, -0.1) is 0 Å². The molecule has 2 rings (SSSR count). The summed E-state index contributed by atoms with van der Waals surface area (Å²) in [5.41, 5.74) is 7.42. The van der Waals surface area contributed by atoms with E-state index < -0.39 is 0 Å². The van der Waals surface area contributed by atoms with Crippen molar-refractivity contribution in [1.29, 1.82) is 0 Å². The summed E-state index contributed by atoms with van der Waals surface area (Å²) < 4.78 is 0. The molecule has 18 heavy (non-hydrogen) atoms. The number of aromatic hydroxyl groups is 1. The Morgan fingerprint density at radius 3 is 2.94 bits per heavy atom. The highest BCUT2D eigenvalue weighted by atomic mass is 16.3. The molecule has 100 valence electrons. The number of piperidine rings is 1. The molecule has 1 saturated heterocycles. The molecule has 2 atom stereocenters. The van der Waals surface area contributed by atoms with E-state index in [4.69, 9.17) is 5.73 Å². The summed E-state index contributed by atoms with van der Waals surface area (Å²) >= 11 is 0. The third-order valence-corrected chi connectivity index (χ3v) is 3.93. The second kappa shape index (κ2) is 5.61. The van der Waals surface area contributed by atoms with Gasteiger partial charge in [0.1, 0.15) is 5.75 Å². The summed E-state index contributed by atoms with van der Waals surface area (Å²) in [6, 6.07) is 6.09. The van der Waals surface area contributed by atoms with E-state index in [2.05, 4.69) is 18.7 Å². The standard InChI is InChI=1S/C15H24N2O/c1-11-4-3-7-17(10-11)12(2)8-13-5-6-15(18)14(16)9-13/h5-6,9,11-12,18H,3-4,7-8,10,16H2,1-2H3.